The molecule has 0 aliphatic carbocycles. The van der Waals surface area contributed by atoms with Crippen LogP contribution in [0.2, 0.25) is 0 Å². The summed E-state index contributed by atoms with van der Waals surface area (Å²) in [5, 5.41) is 10.6. The third kappa shape index (κ3) is 2.99. The molecule has 1 amide bonds. The molecule has 0 aliphatic rings. The van der Waals surface area contributed by atoms with Gasteiger partial charge in [0.25, 0.3) is 5.89 Å². The second-order valence-electron chi connectivity index (χ2n) is 5.33. The molecular weight excluding hydrogens is 306 g/mol. The van der Waals surface area contributed by atoms with E-state index in [1.807, 2.05) is 44.2 Å². The number of rotatable bonds is 4. The van der Waals surface area contributed by atoms with Crippen molar-refractivity contribution in [3.05, 3.63) is 59.5 Å². The van der Waals surface area contributed by atoms with Crippen LogP contribution in [0.4, 0.5) is 5.69 Å². The molecule has 24 heavy (non-hydrogen) atoms. The lowest BCUT2D eigenvalue weighted by atomic mass is 10.1. The first-order valence-electron chi connectivity index (χ1n) is 7.44. The lowest BCUT2D eigenvalue weighted by molar-refractivity contribution is 0.0990. The number of aromatic nitrogens is 2. The maximum absolute atomic E-state index is 12.4. The van der Waals surface area contributed by atoms with Gasteiger partial charge in [-0.05, 0) is 37.1 Å². The molecule has 0 atom stereocenters. The number of aryl methyl sites for hydroxylation is 2. The van der Waals surface area contributed by atoms with Gasteiger partial charge in [0.05, 0.1) is 12.7 Å². The number of anilines is 1. The maximum atomic E-state index is 12.4. The molecule has 6 nitrogen and oxygen atoms in total. The first kappa shape index (κ1) is 15.7. The monoisotopic (exact) mass is 323 g/mol. The average Bonchev–Trinajstić information content (AvgIpc) is 3.08. The lowest BCUT2D eigenvalue weighted by Gasteiger charge is -2.09. The summed E-state index contributed by atoms with van der Waals surface area (Å²) in [4.78, 5) is 12.4. The van der Waals surface area contributed by atoms with Crippen LogP contribution in [0.3, 0.4) is 0 Å². The van der Waals surface area contributed by atoms with Gasteiger partial charge in [0.2, 0.25) is 0 Å². The summed E-state index contributed by atoms with van der Waals surface area (Å²) in [6, 6.07) is 13.0. The largest absolute Gasteiger partial charge is 0.496 e. The Morgan fingerprint density at radius 3 is 2.46 bits per heavy atom. The molecule has 0 unspecified atom stereocenters. The summed E-state index contributed by atoms with van der Waals surface area (Å²) in [6.45, 7) is 3.85. The number of methoxy groups -OCH3 is 1. The number of benzene rings is 2. The van der Waals surface area contributed by atoms with E-state index >= 15 is 0 Å². The summed E-state index contributed by atoms with van der Waals surface area (Å²) in [6.07, 6.45) is 0. The summed E-state index contributed by atoms with van der Waals surface area (Å²) in [5.74, 6) is 0.293. The average molecular weight is 323 g/mol. The minimum absolute atomic E-state index is 0.0986. The number of carbonyl (C=O) groups is 1. The van der Waals surface area contributed by atoms with Crippen LogP contribution in [0.1, 0.15) is 21.8 Å². The van der Waals surface area contributed by atoms with Crippen LogP contribution in [0.25, 0.3) is 11.5 Å². The van der Waals surface area contributed by atoms with E-state index in [4.69, 9.17) is 9.15 Å². The molecule has 122 valence electrons. The van der Waals surface area contributed by atoms with Crippen molar-refractivity contribution in [2.75, 3.05) is 12.4 Å². The lowest BCUT2D eigenvalue weighted by Crippen LogP contribution is -2.14. The van der Waals surface area contributed by atoms with Crippen LogP contribution in [-0.2, 0) is 0 Å². The molecule has 0 saturated carbocycles. The van der Waals surface area contributed by atoms with Gasteiger partial charge in [-0.15, -0.1) is 10.2 Å². The molecule has 3 aromatic rings. The van der Waals surface area contributed by atoms with Crippen molar-refractivity contribution >= 4 is 11.6 Å². The SMILES string of the molecule is COc1ccccc1-c1nnc(C(=O)Nc2c(C)cccc2C)o1. The minimum Gasteiger partial charge on any atom is -0.496 e. The Morgan fingerprint density at radius 1 is 1.04 bits per heavy atom. The van der Waals surface area contributed by atoms with E-state index in [-0.39, 0.29) is 11.8 Å². The Kier molecular flexibility index (Phi) is 4.29. The first-order valence-corrected chi connectivity index (χ1v) is 7.44. The van der Waals surface area contributed by atoms with Gasteiger partial charge in [-0.2, -0.15) is 0 Å². The van der Waals surface area contributed by atoms with Gasteiger partial charge in [0, 0.05) is 5.69 Å². The molecule has 0 aliphatic heterocycles. The van der Waals surface area contributed by atoms with Crippen LogP contribution in [0.5, 0.6) is 5.75 Å². The predicted molar refractivity (Wildman–Crippen MR) is 90.2 cm³/mol. The third-order valence-electron chi connectivity index (χ3n) is 3.68. The fourth-order valence-corrected chi connectivity index (χ4v) is 2.42. The maximum Gasteiger partial charge on any atom is 0.313 e. The molecule has 1 aromatic heterocycles. The van der Waals surface area contributed by atoms with Gasteiger partial charge in [0.1, 0.15) is 5.75 Å². The zero-order valence-corrected chi connectivity index (χ0v) is 13.7. The molecule has 2 aromatic carbocycles. The zero-order chi connectivity index (χ0) is 17.1. The van der Waals surface area contributed by atoms with Crippen molar-refractivity contribution in [2.24, 2.45) is 0 Å². The van der Waals surface area contributed by atoms with Crippen molar-refractivity contribution < 1.29 is 13.9 Å². The second kappa shape index (κ2) is 6.54. The zero-order valence-electron chi connectivity index (χ0n) is 13.7. The van der Waals surface area contributed by atoms with Gasteiger partial charge < -0.3 is 14.5 Å². The minimum atomic E-state index is -0.443. The van der Waals surface area contributed by atoms with Crippen molar-refractivity contribution in [3.8, 4) is 17.2 Å². The normalized spacial score (nSPS) is 10.5. The number of nitrogens with one attached hydrogen (secondary N) is 1. The highest BCUT2D eigenvalue weighted by molar-refractivity contribution is 6.01. The topological polar surface area (TPSA) is 77.2 Å². The summed E-state index contributed by atoms with van der Waals surface area (Å²) >= 11 is 0. The second-order valence-corrected chi connectivity index (χ2v) is 5.33. The quantitative estimate of drug-likeness (QED) is 0.793. The van der Waals surface area contributed by atoms with Crippen LogP contribution in [0, 0.1) is 13.8 Å². The van der Waals surface area contributed by atoms with Crippen LogP contribution < -0.4 is 10.1 Å². The Morgan fingerprint density at radius 2 is 1.75 bits per heavy atom. The fraction of sp³-hybridized carbons (Fsp3) is 0.167. The van der Waals surface area contributed by atoms with E-state index in [0.717, 1.165) is 16.8 Å². The van der Waals surface area contributed by atoms with Gasteiger partial charge in [-0.1, -0.05) is 30.3 Å². The number of para-hydroxylation sites is 2. The predicted octanol–water partition coefficient (Wildman–Crippen LogP) is 3.61. The summed E-state index contributed by atoms with van der Waals surface area (Å²) < 4.78 is 10.8. The van der Waals surface area contributed by atoms with Crippen LogP contribution in [-0.4, -0.2) is 23.2 Å². The van der Waals surface area contributed by atoms with Crippen molar-refractivity contribution in [1.29, 1.82) is 0 Å². The smallest absolute Gasteiger partial charge is 0.313 e. The molecule has 0 fully saturated rings. The van der Waals surface area contributed by atoms with Gasteiger partial charge in [-0.25, -0.2) is 0 Å². The van der Waals surface area contributed by atoms with E-state index < -0.39 is 5.91 Å². The molecule has 0 saturated heterocycles. The number of ether oxygens (including phenoxy) is 1. The Balaban J connectivity index is 1.87. The molecular formula is C18H17N3O3. The molecule has 0 bridgehead atoms. The number of hydrogen-bond donors (Lipinski definition) is 1. The Labute approximate surface area is 139 Å². The number of carbonyl (C=O) groups excluding carboxylic acids is 1. The van der Waals surface area contributed by atoms with E-state index in [1.165, 1.54) is 0 Å². The Hall–Kier alpha value is -3.15. The summed E-state index contributed by atoms with van der Waals surface area (Å²) in [5.41, 5.74) is 3.32. The molecule has 0 spiro atoms. The van der Waals surface area contributed by atoms with Crippen LogP contribution >= 0.6 is 0 Å². The molecule has 0 radical (unpaired) electrons. The summed E-state index contributed by atoms with van der Waals surface area (Å²) in [7, 11) is 1.56. The molecule has 1 heterocycles. The number of hydrogen-bond acceptors (Lipinski definition) is 5. The molecule has 6 heteroatoms. The highest BCUT2D eigenvalue weighted by atomic mass is 16.5. The Bertz CT molecular complexity index is 866. The highest BCUT2D eigenvalue weighted by Gasteiger charge is 2.19. The number of nitrogens with zero attached hydrogens (tertiary/aromatic N) is 2. The van der Waals surface area contributed by atoms with Gasteiger partial charge in [-0.3, -0.25) is 4.79 Å². The van der Waals surface area contributed by atoms with Crippen LogP contribution in [0.15, 0.2) is 46.9 Å². The van der Waals surface area contributed by atoms with Gasteiger partial charge in [0.15, 0.2) is 0 Å². The van der Waals surface area contributed by atoms with E-state index in [0.29, 0.717) is 11.3 Å². The molecule has 3 rings (SSSR count). The third-order valence-corrected chi connectivity index (χ3v) is 3.68. The van der Waals surface area contributed by atoms with Crippen molar-refractivity contribution in [1.82, 2.24) is 10.2 Å². The van der Waals surface area contributed by atoms with E-state index in [1.54, 1.807) is 19.2 Å². The highest BCUT2D eigenvalue weighted by Crippen LogP contribution is 2.28. The van der Waals surface area contributed by atoms with Crippen molar-refractivity contribution in [3.63, 3.8) is 0 Å². The first-order chi connectivity index (χ1) is 11.6. The van der Waals surface area contributed by atoms with E-state index in [9.17, 15) is 4.79 Å². The number of amides is 1. The van der Waals surface area contributed by atoms with E-state index in [2.05, 4.69) is 15.5 Å². The van der Waals surface area contributed by atoms with Gasteiger partial charge >= 0.3 is 11.8 Å². The van der Waals surface area contributed by atoms with Crippen molar-refractivity contribution in [2.45, 2.75) is 13.8 Å². The standard InChI is InChI=1S/C18H17N3O3/c1-11-7-6-8-12(2)15(11)19-16(22)18-21-20-17(24-18)13-9-4-5-10-14(13)23-3/h4-10H,1-3H3,(H,19,22). The fourth-order valence-electron chi connectivity index (χ4n) is 2.42. The molecule has 1 N–H and O–H groups in total.